The van der Waals surface area contributed by atoms with Crippen molar-refractivity contribution in [3.8, 4) is 0 Å². The van der Waals surface area contributed by atoms with E-state index in [2.05, 4.69) is 0 Å². The summed E-state index contributed by atoms with van der Waals surface area (Å²) in [6.07, 6.45) is 0.465. The number of nitrogens with zero attached hydrogens (tertiary/aromatic N) is 1. The first-order valence-electron chi connectivity index (χ1n) is 6.06. The normalized spacial score (nSPS) is 11.1. The van der Waals surface area contributed by atoms with Gasteiger partial charge in [0.2, 0.25) is 0 Å². The van der Waals surface area contributed by atoms with Gasteiger partial charge in [-0.15, -0.1) is 0 Å². The Bertz CT molecular complexity index is 411. The van der Waals surface area contributed by atoms with Crippen LogP contribution in [0.15, 0.2) is 24.3 Å². The van der Waals surface area contributed by atoms with E-state index in [1.807, 2.05) is 45.0 Å². The molecule has 2 N–H and O–H groups in total. The summed E-state index contributed by atoms with van der Waals surface area (Å²) in [6, 6.07) is 7.68. The Morgan fingerprint density at radius 3 is 2.61 bits per heavy atom. The Kier molecular flexibility index (Phi) is 4.59. The number of hydrogen-bond acceptors (Lipinski definition) is 3. The van der Waals surface area contributed by atoms with Crippen LogP contribution < -0.4 is 5.73 Å². The van der Waals surface area contributed by atoms with Gasteiger partial charge in [0.1, 0.15) is 5.60 Å². The predicted molar refractivity (Wildman–Crippen MR) is 73.4 cm³/mol. The molecule has 0 aliphatic carbocycles. The molecule has 0 saturated carbocycles. The van der Waals surface area contributed by atoms with E-state index >= 15 is 0 Å². The lowest BCUT2D eigenvalue weighted by Crippen LogP contribution is -2.35. The molecular formula is C14H22N2O2. The van der Waals surface area contributed by atoms with Crippen molar-refractivity contribution in [3.63, 3.8) is 0 Å². The number of carbonyl (C=O) groups excluding carboxylic acids is 1. The van der Waals surface area contributed by atoms with E-state index < -0.39 is 5.60 Å². The van der Waals surface area contributed by atoms with Crippen LogP contribution in [0.3, 0.4) is 0 Å². The third kappa shape index (κ3) is 5.08. The first-order valence-corrected chi connectivity index (χ1v) is 6.06. The maximum atomic E-state index is 11.7. The molecule has 0 bridgehead atoms. The third-order valence-electron chi connectivity index (χ3n) is 2.39. The molecule has 0 aliphatic rings. The minimum atomic E-state index is -0.456. The summed E-state index contributed by atoms with van der Waals surface area (Å²) in [6.45, 7) is 6.18. The number of nitrogens with two attached hydrogens (primary N) is 1. The fourth-order valence-corrected chi connectivity index (χ4v) is 1.48. The number of ether oxygens (including phenoxy) is 1. The molecule has 0 aromatic heterocycles. The average Bonchev–Trinajstić information content (AvgIpc) is 2.23. The molecule has 0 fully saturated rings. The van der Waals surface area contributed by atoms with Crippen LogP contribution in [-0.2, 0) is 11.2 Å². The summed E-state index contributed by atoms with van der Waals surface area (Å²) in [5.74, 6) is 0. The van der Waals surface area contributed by atoms with Crippen molar-refractivity contribution in [1.82, 2.24) is 4.90 Å². The topological polar surface area (TPSA) is 55.6 Å². The number of nitrogen functional groups attached to an aromatic ring is 1. The van der Waals surface area contributed by atoms with Gasteiger partial charge in [0.05, 0.1) is 0 Å². The van der Waals surface area contributed by atoms with Gasteiger partial charge in [-0.1, -0.05) is 12.1 Å². The van der Waals surface area contributed by atoms with Gasteiger partial charge in [0.15, 0.2) is 0 Å². The van der Waals surface area contributed by atoms with Gasteiger partial charge >= 0.3 is 6.09 Å². The Labute approximate surface area is 109 Å². The quantitative estimate of drug-likeness (QED) is 0.839. The molecule has 18 heavy (non-hydrogen) atoms. The molecule has 0 spiro atoms. The van der Waals surface area contributed by atoms with Crippen LogP contribution in [0.1, 0.15) is 26.3 Å². The summed E-state index contributed by atoms with van der Waals surface area (Å²) >= 11 is 0. The fourth-order valence-electron chi connectivity index (χ4n) is 1.48. The first-order chi connectivity index (χ1) is 8.28. The highest BCUT2D eigenvalue weighted by Crippen LogP contribution is 2.11. The van der Waals surface area contributed by atoms with Crippen molar-refractivity contribution in [2.24, 2.45) is 0 Å². The van der Waals surface area contributed by atoms with E-state index in [4.69, 9.17) is 10.5 Å². The standard InChI is InChI=1S/C14H22N2O2/c1-14(2,3)18-13(17)16(4)9-8-11-6-5-7-12(15)10-11/h5-7,10H,8-9,15H2,1-4H3. The fraction of sp³-hybridized carbons (Fsp3) is 0.500. The number of likely N-dealkylation sites (N-methyl/N-ethyl adjacent to an activating group) is 1. The molecule has 4 heteroatoms. The number of hydrogen-bond donors (Lipinski definition) is 1. The van der Waals surface area contributed by atoms with Crippen molar-refractivity contribution in [2.45, 2.75) is 32.8 Å². The number of carbonyl (C=O) groups is 1. The van der Waals surface area contributed by atoms with Crippen LogP contribution in [0.4, 0.5) is 10.5 Å². The van der Waals surface area contributed by atoms with Gasteiger partial charge < -0.3 is 15.4 Å². The molecule has 0 unspecified atom stereocenters. The number of amides is 1. The molecule has 1 amide bonds. The molecule has 0 aliphatic heterocycles. The number of benzene rings is 1. The Hall–Kier alpha value is -1.71. The van der Waals surface area contributed by atoms with Gasteiger partial charge in [-0.2, -0.15) is 0 Å². The summed E-state index contributed by atoms with van der Waals surface area (Å²) in [5.41, 5.74) is 7.11. The lowest BCUT2D eigenvalue weighted by molar-refractivity contribution is 0.0301. The van der Waals surface area contributed by atoms with Crippen LogP contribution in [0.25, 0.3) is 0 Å². The Balaban J connectivity index is 2.46. The van der Waals surface area contributed by atoms with Crippen LogP contribution >= 0.6 is 0 Å². The van der Waals surface area contributed by atoms with Crippen LogP contribution in [0.5, 0.6) is 0 Å². The van der Waals surface area contributed by atoms with E-state index in [0.29, 0.717) is 6.54 Å². The lowest BCUT2D eigenvalue weighted by atomic mass is 10.1. The van der Waals surface area contributed by atoms with Crippen molar-refractivity contribution >= 4 is 11.8 Å². The zero-order valence-electron chi connectivity index (χ0n) is 11.6. The van der Waals surface area contributed by atoms with Crippen molar-refractivity contribution < 1.29 is 9.53 Å². The second-order valence-electron chi connectivity index (χ2n) is 5.40. The van der Waals surface area contributed by atoms with Gasteiger partial charge in [0, 0.05) is 19.3 Å². The predicted octanol–water partition coefficient (Wildman–Crippen LogP) is 2.68. The minimum absolute atomic E-state index is 0.300. The van der Waals surface area contributed by atoms with Gasteiger partial charge in [-0.05, 0) is 44.9 Å². The third-order valence-corrected chi connectivity index (χ3v) is 2.39. The molecule has 0 atom stereocenters. The smallest absolute Gasteiger partial charge is 0.410 e. The van der Waals surface area contributed by atoms with E-state index in [1.165, 1.54) is 0 Å². The molecule has 1 aromatic carbocycles. The molecule has 0 saturated heterocycles. The first kappa shape index (κ1) is 14.4. The van der Waals surface area contributed by atoms with E-state index in [9.17, 15) is 4.79 Å². The van der Waals surface area contributed by atoms with Gasteiger partial charge in [-0.3, -0.25) is 0 Å². The van der Waals surface area contributed by atoms with Crippen LogP contribution in [0.2, 0.25) is 0 Å². The van der Waals surface area contributed by atoms with Crippen molar-refractivity contribution in [1.29, 1.82) is 0 Å². The van der Waals surface area contributed by atoms with E-state index in [0.717, 1.165) is 17.7 Å². The maximum Gasteiger partial charge on any atom is 0.410 e. The zero-order valence-corrected chi connectivity index (χ0v) is 11.6. The summed E-state index contributed by atoms with van der Waals surface area (Å²) in [7, 11) is 1.74. The van der Waals surface area contributed by atoms with Crippen LogP contribution in [0, 0.1) is 0 Å². The highest BCUT2D eigenvalue weighted by molar-refractivity contribution is 5.67. The average molecular weight is 250 g/mol. The Morgan fingerprint density at radius 1 is 1.39 bits per heavy atom. The summed E-state index contributed by atoms with van der Waals surface area (Å²) in [4.78, 5) is 13.3. The van der Waals surface area contributed by atoms with E-state index in [-0.39, 0.29) is 6.09 Å². The number of rotatable bonds is 3. The van der Waals surface area contributed by atoms with Gasteiger partial charge in [-0.25, -0.2) is 4.79 Å². The molecular weight excluding hydrogens is 228 g/mol. The van der Waals surface area contributed by atoms with E-state index in [1.54, 1.807) is 11.9 Å². The highest BCUT2D eigenvalue weighted by atomic mass is 16.6. The van der Waals surface area contributed by atoms with Crippen molar-refractivity contribution in [3.05, 3.63) is 29.8 Å². The van der Waals surface area contributed by atoms with Crippen LogP contribution in [-0.4, -0.2) is 30.2 Å². The molecule has 1 aromatic rings. The second-order valence-corrected chi connectivity index (χ2v) is 5.40. The van der Waals surface area contributed by atoms with Crippen molar-refractivity contribution in [2.75, 3.05) is 19.3 Å². The molecule has 100 valence electrons. The minimum Gasteiger partial charge on any atom is -0.444 e. The largest absolute Gasteiger partial charge is 0.444 e. The maximum absolute atomic E-state index is 11.7. The summed E-state index contributed by atoms with van der Waals surface area (Å²) in [5, 5.41) is 0. The summed E-state index contributed by atoms with van der Waals surface area (Å²) < 4.78 is 5.27. The molecule has 0 heterocycles. The monoisotopic (exact) mass is 250 g/mol. The SMILES string of the molecule is CN(CCc1cccc(N)c1)C(=O)OC(C)(C)C. The molecule has 4 nitrogen and oxygen atoms in total. The van der Waals surface area contributed by atoms with Gasteiger partial charge in [0.25, 0.3) is 0 Å². The second kappa shape index (κ2) is 5.76. The molecule has 0 radical (unpaired) electrons. The number of anilines is 1. The highest BCUT2D eigenvalue weighted by Gasteiger charge is 2.19. The Morgan fingerprint density at radius 2 is 2.06 bits per heavy atom. The zero-order chi connectivity index (χ0) is 13.8. The molecule has 1 rings (SSSR count). The lowest BCUT2D eigenvalue weighted by Gasteiger charge is -2.24.